The van der Waals surface area contributed by atoms with E-state index in [1.54, 1.807) is 0 Å². The second kappa shape index (κ2) is 4.33. The molecule has 1 aliphatic carbocycles. The molecule has 0 atom stereocenters. The first-order chi connectivity index (χ1) is 8.73. The average Bonchev–Trinajstić information content (AvgIpc) is 2.70. The molecular weight excluding hydrogens is 246 g/mol. The fourth-order valence-corrected chi connectivity index (χ4v) is 3.14. The number of nitrogens with zero attached hydrogens (tertiary/aromatic N) is 1. The van der Waals surface area contributed by atoms with Crippen LogP contribution in [0.2, 0.25) is 0 Å². The first-order valence-electron chi connectivity index (χ1n) is 6.11. The number of aromatic nitrogens is 1. The summed E-state index contributed by atoms with van der Waals surface area (Å²) in [7, 11) is 0. The van der Waals surface area contributed by atoms with Crippen molar-refractivity contribution in [3.05, 3.63) is 24.3 Å². The third-order valence-electron chi connectivity index (χ3n) is 3.70. The van der Waals surface area contributed by atoms with Gasteiger partial charge in [-0.1, -0.05) is 29.9 Å². The summed E-state index contributed by atoms with van der Waals surface area (Å²) >= 11 is 1.50. The summed E-state index contributed by atoms with van der Waals surface area (Å²) in [6.45, 7) is 0.420. The van der Waals surface area contributed by atoms with Crippen LogP contribution in [0.15, 0.2) is 24.3 Å². The Balaban J connectivity index is 1.81. The van der Waals surface area contributed by atoms with Gasteiger partial charge in [0.25, 0.3) is 0 Å². The van der Waals surface area contributed by atoms with Gasteiger partial charge in [-0.25, -0.2) is 4.98 Å². The molecule has 1 aromatic heterocycles. The highest BCUT2D eigenvalue weighted by Gasteiger charge is 2.43. The van der Waals surface area contributed by atoms with Crippen LogP contribution < -0.4 is 11.1 Å². The van der Waals surface area contributed by atoms with E-state index in [1.807, 2.05) is 24.3 Å². The van der Waals surface area contributed by atoms with E-state index >= 15 is 0 Å². The quantitative estimate of drug-likeness (QED) is 0.891. The van der Waals surface area contributed by atoms with Crippen LogP contribution in [0.5, 0.6) is 0 Å². The number of thiazole rings is 1. The Labute approximate surface area is 109 Å². The van der Waals surface area contributed by atoms with Gasteiger partial charge in [-0.05, 0) is 25.0 Å². The lowest BCUT2D eigenvalue weighted by Crippen LogP contribution is -2.47. The molecule has 1 heterocycles. The molecule has 0 spiro atoms. The van der Waals surface area contributed by atoms with Gasteiger partial charge < -0.3 is 11.1 Å². The molecule has 2 aromatic rings. The molecule has 0 unspecified atom stereocenters. The van der Waals surface area contributed by atoms with Gasteiger partial charge in [0.05, 0.1) is 15.6 Å². The lowest BCUT2D eigenvalue weighted by molar-refractivity contribution is -0.129. The van der Waals surface area contributed by atoms with Crippen molar-refractivity contribution < 1.29 is 4.79 Å². The van der Waals surface area contributed by atoms with E-state index in [0.29, 0.717) is 11.7 Å². The van der Waals surface area contributed by atoms with Gasteiger partial charge >= 0.3 is 0 Å². The van der Waals surface area contributed by atoms with Crippen molar-refractivity contribution in [3.63, 3.8) is 0 Å². The van der Waals surface area contributed by atoms with Crippen LogP contribution in [-0.2, 0) is 4.79 Å². The summed E-state index contributed by atoms with van der Waals surface area (Å²) in [5, 5.41) is 3.58. The highest BCUT2D eigenvalue weighted by atomic mass is 32.1. The minimum atomic E-state index is -0.349. The number of nitrogens with two attached hydrogens (primary N) is 1. The van der Waals surface area contributed by atoms with Crippen LogP contribution in [-0.4, -0.2) is 17.4 Å². The summed E-state index contributed by atoms with van der Waals surface area (Å²) in [6.07, 6.45) is 2.87. The highest BCUT2D eigenvalue weighted by Crippen LogP contribution is 2.41. The number of fused-ring (bicyclic) bond motifs is 1. The highest BCUT2D eigenvalue weighted by molar-refractivity contribution is 7.22. The number of nitrogens with one attached hydrogen (secondary N) is 1. The molecule has 1 fully saturated rings. The van der Waals surface area contributed by atoms with E-state index in [-0.39, 0.29) is 11.3 Å². The Morgan fingerprint density at radius 2 is 2.22 bits per heavy atom. The van der Waals surface area contributed by atoms with Gasteiger partial charge in [0.2, 0.25) is 5.91 Å². The molecule has 5 heteroatoms. The molecule has 0 bridgehead atoms. The number of carbonyl (C=O) groups excluding carboxylic acids is 1. The Bertz CT molecular complexity index is 550. The number of carbonyl (C=O) groups is 1. The molecule has 0 radical (unpaired) electrons. The molecule has 3 rings (SSSR count). The van der Waals surface area contributed by atoms with Crippen molar-refractivity contribution in [1.29, 1.82) is 0 Å². The van der Waals surface area contributed by atoms with Crippen LogP contribution in [0.25, 0.3) is 10.2 Å². The number of amides is 1. The molecule has 3 N–H and O–H groups in total. The third-order valence-corrected chi connectivity index (χ3v) is 4.65. The molecule has 0 saturated heterocycles. The Morgan fingerprint density at radius 3 is 2.83 bits per heavy atom. The zero-order valence-electron chi connectivity index (χ0n) is 9.98. The summed E-state index contributed by atoms with van der Waals surface area (Å²) in [4.78, 5) is 16.6. The van der Waals surface area contributed by atoms with E-state index in [4.69, 9.17) is 5.73 Å². The zero-order chi connectivity index (χ0) is 12.6. The molecule has 94 valence electrons. The van der Waals surface area contributed by atoms with Gasteiger partial charge in [-0.15, -0.1) is 0 Å². The predicted octanol–water partition coefficient (Wildman–Crippen LogP) is 2.36. The lowest BCUT2D eigenvalue weighted by atomic mass is 9.68. The number of para-hydroxylation sites is 1. The topological polar surface area (TPSA) is 68.0 Å². The molecule has 1 amide bonds. The molecule has 1 saturated carbocycles. The normalized spacial score (nSPS) is 17.4. The molecule has 1 aliphatic rings. The lowest BCUT2D eigenvalue weighted by Gasteiger charge is -2.38. The zero-order valence-corrected chi connectivity index (χ0v) is 10.8. The van der Waals surface area contributed by atoms with Gasteiger partial charge in [0, 0.05) is 6.54 Å². The Hall–Kier alpha value is -1.46. The first-order valence-corrected chi connectivity index (χ1v) is 6.92. The van der Waals surface area contributed by atoms with Crippen molar-refractivity contribution in [2.24, 2.45) is 11.1 Å². The smallest absolute Gasteiger partial charge is 0.233 e. The number of benzene rings is 1. The maximum atomic E-state index is 12.2. The van der Waals surface area contributed by atoms with Crippen LogP contribution in [0.4, 0.5) is 5.13 Å². The average molecular weight is 261 g/mol. The third kappa shape index (κ3) is 1.79. The maximum absolute atomic E-state index is 12.2. The van der Waals surface area contributed by atoms with Gasteiger partial charge in [-0.2, -0.15) is 0 Å². The molecule has 18 heavy (non-hydrogen) atoms. The summed E-state index contributed by atoms with van der Waals surface area (Å²) < 4.78 is 1.09. The standard InChI is InChI=1S/C13H15N3OS/c14-8-13(6-3-7-13)11(17)16-12-15-9-4-1-2-5-10(9)18-12/h1-2,4-5H,3,6-8,14H2,(H,15,16,17). The van der Waals surface area contributed by atoms with E-state index < -0.39 is 0 Å². The van der Waals surface area contributed by atoms with Crippen LogP contribution in [0, 0.1) is 5.41 Å². The second-order valence-electron chi connectivity index (χ2n) is 4.78. The van der Waals surface area contributed by atoms with Gasteiger partial charge in [0.1, 0.15) is 0 Å². The number of hydrogen-bond donors (Lipinski definition) is 2. The monoisotopic (exact) mass is 261 g/mol. The van der Waals surface area contributed by atoms with Crippen molar-refractivity contribution in [3.8, 4) is 0 Å². The number of rotatable bonds is 3. The minimum absolute atomic E-state index is 0.0234. The van der Waals surface area contributed by atoms with E-state index in [9.17, 15) is 4.79 Å². The Kier molecular flexibility index (Phi) is 2.80. The van der Waals surface area contributed by atoms with Gasteiger partial charge in [0.15, 0.2) is 5.13 Å². The van der Waals surface area contributed by atoms with E-state index in [1.165, 1.54) is 11.3 Å². The van der Waals surface area contributed by atoms with E-state index in [2.05, 4.69) is 10.3 Å². The van der Waals surface area contributed by atoms with Crippen LogP contribution in [0.1, 0.15) is 19.3 Å². The van der Waals surface area contributed by atoms with Crippen molar-refractivity contribution in [1.82, 2.24) is 4.98 Å². The SMILES string of the molecule is NCC1(C(=O)Nc2nc3ccccc3s2)CCC1. The van der Waals surface area contributed by atoms with Crippen LogP contribution >= 0.6 is 11.3 Å². The summed E-state index contributed by atoms with van der Waals surface area (Å²) in [5.74, 6) is 0.0234. The summed E-state index contributed by atoms with van der Waals surface area (Å²) in [5.41, 5.74) is 6.30. The molecule has 4 nitrogen and oxygen atoms in total. The number of anilines is 1. The minimum Gasteiger partial charge on any atom is -0.329 e. The van der Waals surface area contributed by atoms with E-state index in [0.717, 1.165) is 29.5 Å². The first kappa shape index (κ1) is 11.6. The van der Waals surface area contributed by atoms with Gasteiger partial charge in [-0.3, -0.25) is 4.79 Å². The second-order valence-corrected chi connectivity index (χ2v) is 5.81. The summed E-state index contributed by atoms with van der Waals surface area (Å²) in [6, 6.07) is 7.87. The fourth-order valence-electron chi connectivity index (χ4n) is 2.28. The molecule has 1 aromatic carbocycles. The number of hydrogen-bond acceptors (Lipinski definition) is 4. The fraction of sp³-hybridized carbons (Fsp3) is 0.385. The van der Waals surface area contributed by atoms with Crippen LogP contribution in [0.3, 0.4) is 0 Å². The largest absolute Gasteiger partial charge is 0.329 e. The van der Waals surface area contributed by atoms with Crippen molar-refractivity contribution in [2.75, 3.05) is 11.9 Å². The molecular formula is C13H15N3OS. The van der Waals surface area contributed by atoms with Crippen molar-refractivity contribution in [2.45, 2.75) is 19.3 Å². The van der Waals surface area contributed by atoms with Crippen molar-refractivity contribution >= 4 is 32.6 Å². The molecule has 0 aliphatic heterocycles. The predicted molar refractivity (Wildman–Crippen MR) is 73.6 cm³/mol. The Morgan fingerprint density at radius 1 is 1.44 bits per heavy atom. The maximum Gasteiger partial charge on any atom is 0.233 e.